The van der Waals surface area contributed by atoms with Crippen molar-refractivity contribution in [2.45, 2.75) is 32.7 Å². The van der Waals surface area contributed by atoms with Crippen LogP contribution in [0.1, 0.15) is 37.2 Å². The van der Waals surface area contributed by atoms with Gasteiger partial charge in [-0.1, -0.05) is 13.8 Å². The summed E-state index contributed by atoms with van der Waals surface area (Å²) >= 11 is 0. The predicted molar refractivity (Wildman–Crippen MR) is 48.2 cm³/mol. The van der Waals surface area contributed by atoms with E-state index in [2.05, 4.69) is 20.7 Å². The van der Waals surface area contributed by atoms with Gasteiger partial charge in [-0.3, -0.25) is 4.79 Å². The van der Waals surface area contributed by atoms with Gasteiger partial charge in [0.1, 0.15) is 0 Å². The number of carbonyl (C=O) groups is 1. The zero-order valence-corrected chi connectivity index (χ0v) is 7.87. The largest absolute Gasteiger partial charge is 0.348 e. The number of rotatable bonds is 4. The van der Waals surface area contributed by atoms with Crippen LogP contribution in [0, 0.1) is 0 Å². The molecule has 1 aromatic rings. The quantitative estimate of drug-likeness (QED) is 0.720. The van der Waals surface area contributed by atoms with Crippen molar-refractivity contribution in [1.29, 1.82) is 0 Å². The lowest BCUT2D eigenvalue weighted by molar-refractivity contribution is 0.0930. The first-order chi connectivity index (χ1) is 6.27. The summed E-state index contributed by atoms with van der Waals surface area (Å²) in [6.45, 7) is 4.08. The molecular weight excluding hydrogens is 168 g/mol. The minimum Gasteiger partial charge on any atom is -0.348 e. The third kappa shape index (κ3) is 2.54. The smallest absolute Gasteiger partial charge is 0.273 e. The lowest BCUT2D eigenvalue weighted by atomic mass is 10.2. The van der Waals surface area contributed by atoms with E-state index < -0.39 is 0 Å². The van der Waals surface area contributed by atoms with Crippen molar-refractivity contribution in [3.8, 4) is 0 Å². The van der Waals surface area contributed by atoms with Crippen LogP contribution in [0.15, 0.2) is 6.20 Å². The normalized spacial score (nSPS) is 10.4. The maximum Gasteiger partial charge on any atom is 0.273 e. The van der Waals surface area contributed by atoms with Gasteiger partial charge < -0.3 is 5.32 Å². The van der Waals surface area contributed by atoms with Gasteiger partial charge in [0, 0.05) is 6.04 Å². The van der Waals surface area contributed by atoms with Crippen molar-refractivity contribution in [3.05, 3.63) is 11.9 Å². The molecule has 0 aliphatic heterocycles. The molecule has 0 radical (unpaired) electrons. The molecule has 0 saturated carbocycles. The summed E-state index contributed by atoms with van der Waals surface area (Å²) < 4.78 is 0. The van der Waals surface area contributed by atoms with Gasteiger partial charge in [-0.05, 0) is 12.8 Å². The minimum absolute atomic E-state index is 0.164. The Kier molecular flexibility index (Phi) is 3.42. The molecule has 72 valence electrons. The second kappa shape index (κ2) is 4.59. The second-order valence-electron chi connectivity index (χ2n) is 2.84. The Balaban J connectivity index is 2.50. The van der Waals surface area contributed by atoms with Crippen LogP contribution in [0.4, 0.5) is 0 Å². The van der Waals surface area contributed by atoms with E-state index in [1.54, 1.807) is 0 Å². The van der Waals surface area contributed by atoms with Crippen molar-refractivity contribution in [1.82, 2.24) is 20.7 Å². The third-order valence-corrected chi connectivity index (χ3v) is 1.97. The summed E-state index contributed by atoms with van der Waals surface area (Å²) in [5.74, 6) is -0.164. The van der Waals surface area contributed by atoms with Gasteiger partial charge >= 0.3 is 0 Å². The fraction of sp³-hybridized carbons (Fsp3) is 0.625. The zero-order chi connectivity index (χ0) is 9.68. The van der Waals surface area contributed by atoms with Gasteiger partial charge in [0.05, 0.1) is 6.20 Å². The fourth-order valence-electron chi connectivity index (χ4n) is 1.06. The molecule has 0 spiro atoms. The van der Waals surface area contributed by atoms with Crippen LogP contribution >= 0.6 is 0 Å². The molecule has 5 nitrogen and oxygen atoms in total. The van der Waals surface area contributed by atoms with Gasteiger partial charge in [-0.25, -0.2) is 0 Å². The fourth-order valence-corrected chi connectivity index (χ4v) is 1.06. The molecule has 0 atom stereocenters. The van der Waals surface area contributed by atoms with Gasteiger partial charge in [-0.15, -0.1) is 0 Å². The van der Waals surface area contributed by atoms with Crippen molar-refractivity contribution >= 4 is 5.91 Å². The molecule has 0 saturated heterocycles. The van der Waals surface area contributed by atoms with E-state index in [-0.39, 0.29) is 11.9 Å². The second-order valence-corrected chi connectivity index (χ2v) is 2.84. The highest BCUT2D eigenvalue weighted by Crippen LogP contribution is 1.98. The van der Waals surface area contributed by atoms with Crippen LogP contribution in [0.2, 0.25) is 0 Å². The molecule has 2 N–H and O–H groups in total. The molecule has 1 heterocycles. The average Bonchev–Trinajstić information content (AvgIpc) is 2.66. The van der Waals surface area contributed by atoms with Crippen LogP contribution in [0.5, 0.6) is 0 Å². The van der Waals surface area contributed by atoms with E-state index in [4.69, 9.17) is 0 Å². The maximum absolute atomic E-state index is 11.4. The number of carbonyl (C=O) groups excluding carboxylic acids is 1. The van der Waals surface area contributed by atoms with Crippen molar-refractivity contribution in [3.63, 3.8) is 0 Å². The average molecular weight is 182 g/mol. The molecule has 13 heavy (non-hydrogen) atoms. The van der Waals surface area contributed by atoms with Crippen molar-refractivity contribution in [2.75, 3.05) is 0 Å². The number of H-pyrrole nitrogens is 1. The van der Waals surface area contributed by atoms with Gasteiger partial charge in [0.15, 0.2) is 5.69 Å². The maximum atomic E-state index is 11.4. The summed E-state index contributed by atoms with van der Waals surface area (Å²) in [5.41, 5.74) is 0.340. The van der Waals surface area contributed by atoms with Gasteiger partial charge in [0.25, 0.3) is 5.91 Å². The zero-order valence-electron chi connectivity index (χ0n) is 7.87. The monoisotopic (exact) mass is 182 g/mol. The Labute approximate surface area is 76.9 Å². The molecule has 0 aliphatic rings. The molecular formula is C8H14N4O. The number of aromatic amines is 1. The lowest BCUT2D eigenvalue weighted by Crippen LogP contribution is -2.34. The Morgan fingerprint density at radius 2 is 2.31 bits per heavy atom. The SMILES string of the molecule is CCC(CC)NC(=O)c1cn[nH]n1. The first kappa shape index (κ1) is 9.70. The van der Waals surface area contributed by atoms with Crippen LogP contribution in [-0.4, -0.2) is 27.4 Å². The van der Waals surface area contributed by atoms with E-state index in [0.717, 1.165) is 12.8 Å². The standard InChI is InChI=1S/C8H14N4O/c1-3-6(4-2)10-8(13)7-5-9-12-11-7/h5-6H,3-4H2,1-2H3,(H,10,13)(H,9,11,12). The topological polar surface area (TPSA) is 70.7 Å². The van der Waals surface area contributed by atoms with Crippen molar-refractivity contribution < 1.29 is 4.79 Å². The lowest BCUT2D eigenvalue weighted by Gasteiger charge is -2.12. The van der Waals surface area contributed by atoms with E-state index in [9.17, 15) is 4.79 Å². The summed E-state index contributed by atoms with van der Waals surface area (Å²) in [4.78, 5) is 11.4. The Morgan fingerprint density at radius 1 is 1.62 bits per heavy atom. The molecule has 0 aromatic carbocycles. The van der Waals surface area contributed by atoms with E-state index in [1.165, 1.54) is 6.20 Å². The van der Waals surface area contributed by atoms with E-state index in [0.29, 0.717) is 5.69 Å². The van der Waals surface area contributed by atoms with Gasteiger partial charge in [-0.2, -0.15) is 15.4 Å². The summed E-state index contributed by atoms with van der Waals surface area (Å²) in [6.07, 6.45) is 3.28. The number of nitrogens with zero attached hydrogens (tertiary/aromatic N) is 2. The molecule has 0 unspecified atom stereocenters. The van der Waals surface area contributed by atoms with Crippen LogP contribution in [0.3, 0.4) is 0 Å². The molecule has 0 fully saturated rings. The number of hydrogen-bond acceptors (Lipinski definition) is 3. The van der Waals surface area contributed by atoms with Crippen LogP contribution < -0.4 is 5.32 Å². The molecule has 5 heteroatoms. The molecule has 0 aliphatic carbocycles. The minimum atomic E-state index is -0.164. The van der Waals surface area contributed by atoms with E-state index in [1.807, 2.05) is 13.8 Å². The first-order valence-corrected chi connectivity index (χ1v) is 4.44. The van der Waals surface area contributed by atoms with Crippen LogP contribution in [0.25, 0.3) is 0 Å². The third-order valence-electron chi connectivity index (χ3n) is 1.97. The molecule has 1 aromatic heterocycles. The number of hydrogen-bond donors (Lipinski definition) is 2. The molecule has 0 bridgehead atoms. The Hall–Kier alpha value is -1.39. The highest BCUT2D eigenvalue weighted by Gasteiger charge is 2.11. The number of amides is 1. The predicted octanol–water partition coefficient (Wildman–Crippen LogP) is 0.723. The Morgan fingerprint density at radius 3 is 2.77 bits per heavy atom. The van der Waals surface area contributed by atoms with Crippen LogP contribution in [-0.2, 0) is 0 Å². The summed E-state index contributed by atoms with van der Waals surface area (Å²) in [5, 5.41) is 12.5. The Bertz CT molecular complexity index is 253. The van der Waals surface area contributed by atoms with E-state index >= 15 is 0 Å². The van der Waals surface area contributed by atoms with Gasteiger partial charge in [0.2, 0.25) is 0 Å². The highest BCUT2D eigenvalue weighted by atomic mass is 16.2. The molecule has 1 rings (SSSR count). The highest BCUT2D eigenvalue weighted by molar-refractivity contribution is 5.91. The number of nitrogens with one attached hydrogen (secondary N) is 2. The first-order valence-electron chi connectivity index (χ1n) is 4.44. The molecule has 1 amide bonds. The summed E-state index contributed by atoms with van der Waals surface area (Å²) in [6, 6.07) is 0.226. The summed E-state index contributed by atoms with van der Waals surface area (Å²) in [7, 11) is 0. The number of aromatic nitrogens is 3. The van der Waals surface area contributed by atoms with Crippen molar-refractivity contribution in [2.24, 2.45) is 0 Å².